The van der Waals surface area contributed by atoms with Crippen LogP contribution in [0, 0.1) is 0 Å². The Morgan fingerprint density at radius 2 is 2.35 bits per heavy atom. The number of imidazole rings is 1. The van der Waals surface area contributed by atoms with Crippen molar-refractivity contribution in [2.45, 2.75) is 13.0 Å². The summed E-state index contributed by atoms with van der Waals surface area (Å²) in [6.07, 6.45) is 0.249. The first-order chi connectivity index (χ1) is 8.11. The number of anilines is 1. The summed E-state index contributed by atoms with van der Waals surface area (Å²) in [4.78, 5) is 15.3. The molecule has 6 heteroatoms. The number of carbonyl (C=O) groups excluding carboxylic acids is 1. The van der Waals surface area contributed by atoms with Crippen LogP contribution in [-0.4, -0.2) is 22.6 Å². The molecule has 5 nitrogen and oxygen atoms in total. The van der Waals surface area contributed by atoms with Gasteiger partial charge in [-0.15, -0.1) is 0 Å². The number of nitrogen functional groups attached to an aromatic ring is 1. The van der Waals surface area contributed by atoms with Gasteiger partial charge in [-0.2, -0.15) is 0 Å². The Bertz CT molecular complexity index is 565. The number of aryl methyl sites for hydroxylation is 1. The van der Waals surface area contributed by atoms with Crippen molar-refractivity contribution in [1.29, 1.82) is 0 Å². The number of ether oxygens (including phenoxy) is 1. The van der Waals surface area contributed by atoms with E-state index >= 15 is 0 Å². The molecule has 0 saturated carbocycles. The van der Waals surface area contributed by atoms with Crippen molar-refractivity contribution in [2.75, 3.05) is 12.8 Å². The highest BCUT2D eigenvalue weighted by Crippen LogP contribution is 2.22. The van der Waals surface area contributed by atoms with Crippen LogP contribution in [0.3, 0.4) is 0 Å². The smallest absolute Gasteiger partial charge is 0.307 e. The zero-order valence-corrected chi connectivity index (χ0v) is 10.1. The summed E-state index contributed by atoms with van der Waals surface area (Å²) in [5.41, 5.74) is 7.37. The number of hydrogen-bond acceptors (Lipinski definition) is 4. The third-order valence-electron chi connectivity index (χ3n) is 2.51. The Balaban J connectivity index is 2.35. The highest BCUT2D eigenvalue weighted by atomic mass is 35.5. The number of esters is 1. The van der Waals surface area contributed by atoms with Crippen LogP contribution in [0.1, 0.15) is 6.42 Å². The van der Waals surface area contributed by atoms with Crippen LogP contribution < -0.4 is 5.73 Å². The van der Waals surface area contributed by atoms with Gasteiger partial charge in [-0.25, -0.2) is 4.98 Å². The minimum absolute atomic E-state index is 0.249. The van der Waals surface area contributed by atoms with Gasteiger partial charge in [0.15, 0.2) is 0 Å². The van der Waals surface area contributed by atoms with Gasteiger partial charge >= 0.3 is 5.97 Å². The van der Waals surface area contributed by atoms with Gasteiger partial charge in [0.05, 0.1) is 24.6 Å². The van der Waals surface area contributed by atoms with Gasteiger partial charge in [-0.3, -0.25) is 4.79 Å². The molecular formula is C11H12ClN3O2. The van der Waals surface area contributed by atoms with Gasteiger partial charge in [0, 0.05) is 11.6 Å². The second-order valence-electron chi connectivity index (χ2n) is 3.58. The van der Waals surface area contributed by atoms with Crippen LogP contribution in [0.15, 0.2) is 18.2 Å². The van der Waals surface area contributed by atoms with E-state index in [1.54, 1.807) is 22.8 Å². The second-order valence-corrected chi connectivity index (χ2v) is 4.02. The quantitative estimate of drug-likeness (QED) is 0.848. The molecule has 0 fully saturated rings. The number of benzene rings is 1. The van der Waals surface area contributed by atoms with Crippen molar-refractivity contribution in [3.05, 3.63) is 23.2 Å². The van der Waals surface area contributed by atoms with Crippen molar-refractivity contribution in [1.82, 2.24) is 9.55 Å². The summed E-state index contributed by atoms with van der Waals surface area (Å²) in [5, 5.41) is 0.608. The van der Waals surface area contributed by atoms with Gasteiger partial charge < -0.3 is 15.0 Å². The van der Waals surface area contributed by atoms with E-state index < -0.39 is 0 Å². The molecule has 0 saturated heterocycles. The van der Waals surface area contributed by atoms with Crippen LogP contribution in [-0.2, 0) is 16.1 Å². The number of fused-ring (bicyclic) bond motifs is 1. The number of methoxy groups -OCH3 is 1. The Hall–Kier alpha value is -1.75. The lowest BCUT2D eigenvalue weighted by Gasteiger charge is -2.05. The van der Waals surface area contributed by atoms with Gasteiger partial charge in [-0.05, 0) is 18.2 Å². The highest BCUT2D eigenvalue weighted by Gasteiger charge is 2.10. The van der Waals surface area contributed by atoms with Crippen LogP contribution in [0.25, 0.3) is 11.0 Å². The van der Waals surface area contributed by atoms with Crippen molar-refractivity contribution < 1.29 is 9.53 Å². The van der Waals surface area contributed by atoms with E-state index in [0.717, 1.165) is 11.0 Å². The highest BCUT2D eigenvalue weighted by molar-refractivity contribution is 6.31. The molecule has 0 atom stereocenters. The summed E-state index contributed by atoms with van der Waals surface area (Å²) in [6.45, 7) is 0.426. The number of nitrogens with two attached hydrogens (primary N) is 1. The number of halogens is 1. The fourth-order valence-corrected chi connectivity index (χ4v) is 1.82. The van der Waals surface area contributed by atoms with Crippen molar-refractivity contribution in [3.8, 4) is 0 Å². The normalized spacial score (nSPS) is 10.7. The topological polar surface area (TPSA) is 70.1 Å². The molecule has 2 rings (SSSR count). The predicted octanol–water partition coefficient (Wildman–Crippen LogP) is 1.83. The molecule has 1 heterocycles. The van der Waals surface area contributed by atoms with Crippen molar-refractivity contribution >= 4 is 34.6 Å². The molecule has 17 heavy (non-hydrogen) atoms. The number of rotatable bonds is 3. The fourth-order valence-electron chi connectivity index (χ4n) is 1.65. The van der Waals surface area contributed by atoms with Gasteiger partial charge in [0.2, 0.25) is 5.95 Å². The summed E-state index contributed by atoms with van der Waals surface area (Å²) in [7, 11) is 1.36. The molecule has 0 radical (unpaired) electrons. The first-order valence-corrected chi connectivity index (χ1v) is 5.47. The van der Waals surface area contributed by atoms with E-state index in [4.69, 9.17) is 17.3 Å². The van der Waals surface area contributed by atoms with Crippen LogP contribution in [0.4, 0.5) is 5.95 Å². The standard InChI is InChI=1S/C11H12ClN3O2/c1-17-10(16)4-5-15-9-6-7(12)2-3-8(9)14-11(15)13/h2-3,6H,4-5H2,1H3,(H2,13,14). The molecule has 2 N–H and O–H groups in total. The predicted molar refractivity (Wildman–Crippen MR) is 65.8 cm³/mol. The van der Waals surface area contributed by atoms with E-state index in [2.05, 4.69) is 9.72 Å². The Morgan fingerprint density at radius 1 is 1.59 bits per heavy atom. The molecule has 2 aromatic rings. The molecule has 0 aliphatic heterocycles. The average Bonchev–Trinajstić information content (AvgIpc) is 2.61. The first-order valence-electron chi connectivity index (χ1n) is 5.10. The van der Waals surface area contributed by atoms with Crippen LogP contribution in [0.5, 0.6) is 0 Å². The molecule has 0 bridgehead atoms. The third-order valence-corrected chi connectivity index (χ3v) is 2.74. The number of nitrogens with zero attached hydrogens (tertiary/aromatic N) is 2. The summed E-state index contributed by atoms with van der Waals surface area (Å²) < 4.78 is 6.33. The lowest BCUT2D eigenvalue weighted by atomic mass is 10.3. The minimum atomic E-state index is -0.284. The van der Waals surface area contributed by atoms with Crippen molar-refractivity contribution in [2.24, 2.45) is 0 Å². The zero-order valence-electron chi connectivity index (χ0n) is 9.31. The Labute approximate surface area is 103 Å². The summed E-state index contributed by atoms with van der Waals surface area (Å²) >= 11 is 5.92. The number of hydrogen-bond donors (Lipinski definition) is 1. The molecule has 0 spiro atoms. The molecule has 90 valence electrons. The maximum absolute atomic E-state index is 11.1. The van der Waals surface area contributed by atoms with Gasteiger partial charge in [-0.1, -0.05) is 11.6 Å². The largest absolute Gasteiger partial charge is 0.469 e. The molecule has 0 amide bonds. The van der Waals surface area contributed by atoms with E-state index in [-0.39, 0.29) is 12.4 Å². The van der Waals surface area contributed by atoms with Crippen molar-refractivity contribution in [3.63, 3.8) is 0 Å². The fraction of sp³-hybridized carbons (Fsp3) is 0.273. The van der Waals surface area contributed by atoms with Crippen LogP contribution in [0.2, 0.25) is 5.02 Å². The lowest BCUT2D eigenvalue weighted by Crippen LogP contribution is -2.09. The zero-order chi connectivity index (χ0) is 12.4. The second kappa shape index (κ2) is 4.63. The molecule has 0 aliphatic rings. The summed E-state index contributed by atoms with van der Waals surface area (Å²) in [6, 6.07) is 5.32. The average molecular weight is 254 g/mol. The third kappa shape index (κ3) is 2.34. The molecular weight excluding hydrogens is 242 g/mol. The Kier molecular flexibility index (Phi) is 3.19. The first kappa shape index (κ1) is 11.7. The lowest BCUT2D eigenvalue weighted by molar-refractivity contribution is -0.140. The maximum Gasteiger partial charge on any atom is 0.307 e. The maximum atomic E-state index is 11.1. The molecule has 0 aliphatic carbocycles. The van der Waals surface area contributed by atoms with Gasteiger partial charge in [0.1, 0.15) is 0 Å². The number of aromatic nitrogens is 2. The molecule has 1 aromatic carbocycles. The van der Waals surface area contributed by atoms with E-state index in [1.807, 2.05) is 0 Å². The Morgan fingerprint density at radius 3 is 3.06 bits per heavy atom. The number of carbonyl (C=O) groups is 1. The minimum Gasteiger partial charge on any atom is -0.469 e. The SMILES string of the molecule is COC(=O)CCn1c(N)nc2ccc(Cl)cc21. The monoisotopic (exact) mass is 253 g/mol. The van der Waals surface area contributed by atoms with Crippen LogP contribution >= 0.6 is 11.6 Å². The van der Waals surface area contributed by atoms with E-state index in [0.29, 0.717) is 17.5 Å². The van der Waals surface area contributed by atoms with E-state index in [9.17, 15) is 4.79 Å². The van der Waals surface area contributed by atoms with Gasteiger partial charge in [0.25, 0.3) is 0 Å². The summed E-state index contributed by atoms with van der Waals surface area (Å²) in [5.74, 6) is 0.0828. The van der Waals surface area contributed by atoms with E-state index in [1.165, 1.54) is 7.11 Å². The molecule has 0 unspecified atom stereocenters. The molecule has 1 aromatic heterocycles.